The Balaban J connectivity index is 3.26. The SMILES string of the molecule is CC(C)(N)c1cccc(Cl)c1O. The quantitative estimate of drug-likeness (QED) is 0.705. The Kier molecular flexibility index (Phi) is 2.31. The van der Waals surface area contributed by atoms with Crippen molar-refractivity contribution in [1.29, 1.82) is 0 Å². The lowest BCUT2D eigenvalue weighted by molar-refractivity contribution is 0.441. The number of nitrogens with two attached hydrogens (primary N) is 1. The van der Waals surface area contributed by atoms with Gasteiger partial charge in [-0.15, -0.1) is 0 Å². The van der Waals surface area contributed by atoms with Crippen LogP contribution in [0, 0.1) is 0 Å². The molecule has 0 amide bonds. The van der Waals surface area contributed by atoms with Crippen molar-refractivity contribution in [1.82, 2.24) is 0 Å². The maximum Gasteiger partial charge on any atom is 0.139 e. The van der Waals surface area contributed by atoms with Gasteiger partial charge in [0.1, 0.15) is 5.75 Å². The molecule has 0 aliphatic carbocycles. The first-order chi connectivity index (χ1) is 5.43. The zero-order chi connectivity index (χ0) is 9.35. The molecule has 0 fully saturated rings. The number of benzene rings is 1. The minimum absolute atomic E-state index is 0.0756. The van der Waals surface area contributed by atoms with Crippen molar-refractivity contribution in [3.63, 3.8) is 0 Å². The second-order valence-corrected chi connectivity index (χ2v) is 3.76. The fourth-order valence-corrected chi connectivity index (χ4v) is 1.21. The second-order valence-electron chi connectivity index (χ2n) is 3.36. The van der Waals surface area contributed by atoms with Gasteiger partial charge in [-0.3, -0.25) is 0 Å². The third kappa shape index (κ3) is 1.71. The van der Waals surface area contributed by atoms with Crippen LogP contribution in [0.4, 0.5) is 0 Å². The molecule has 0 atom stereocenters. The van der Waals surface area contributed by atoms with E-state index >= 15 is 0 Å². The summed E-state index contributed by atoms with van der Waals surface area (Å²) in [5.41, 5.74) is 5.91. The summed E-state index contributed by atoms with van der Waals surface area (Å²) in [4.78, 5) is 0. The summed E-state index contributed by atoms with van der Waals surface area (Å²) in [5.74, 6) is 0.0756. The summed E-state index contributed by atoms with van der Waals surface area (Å²) in [5, 5.41) is 9.86. The van der Waals surface area contributed by atoms with Gasteiger partial charge in [0, 0.05) is 11.1 Å². The maximum absolute atomic E-state index is 9.52. The zero-order valence-electron chi connectivity index (χ0n) is 7.13. The highest BCUT2D eigenvalue weighted by Gasteiger charge is 2.19. The lowest BCUT2D eigenvalue weighted by atomic mass is 9.95. The molecule has 0 aliphatic rings. The van der Waals surface area contributed by atoms with Gasteiger partial charge in [0.05, 0.1) is 5.02 Å². The van der Waals surface area contributed by atoms with Crippen LogP contribution in [0.5, 0.6) is 5.75 Å². The average Bonchev–Trinajstić information content (AvgIpc) is 1.92. The highest BCUT2D eigenvalue weighted by atomic mass is 35.5. The molecule has 12 heavy (non-hydrogen) atoms. The molecule has 0 unspecified atom stereocenters. The molecule has 0 spiro atoms. The van der Waals surface area contributed by atoms with E-state index in [9.17, 15) is 5.11 Å². The summed E-state index contributed by atoms with van der Waals surface area (Å²) in [6.07, 6.45) is 0. The number of phenols is 1. The van der Waals surface area contributed by atoms with Crippen LogP contribution in [-0.4, -0.2) is 5.11 Å². The van der Waals surface area contributed by atoms with Crippen LogP contribution in [0.3, 0.4) is 0 Å². The smallest absolute Gasteiger partial charge is 0.139 e. The van der Waals surface area contributed by atoms with Crippen molar-refractivity contribution in [2.75, 3.05) is 0 Å². The van der Waals surface area contributed by atoms with Gasteiger partial charge < -0.3 is 10.8 Å². The van der Waals surface area contributed by atoms with Crippen LogP contribution in [0.25, 0.3) is 0 Å². The Morgan fingerprint density at radius 3 is 2.42 bits per heavy atom. The highest BCUT2D eigenvalue weighted by Crippen LogP contribution is 2.32. The fourth-order valence-electron chi connectivity index (χ4n) is 1.04. The van der Waals surface area contributed by atoms with Crippen molar-refractivity contribution in [3.8, 4) is 5.75 Å². The topological polar surface area (TPSA) is 46.2 Å². The lowest BCUT2D eigenvalue weighted by Crippen LogP contribution is -2.28. The zero-order valence-corrected chi connectivity index (χ0v) is 7.89. The highest BCUT2D eigenvalue weighted by molar-refractivity contribution is 6.32. The average molecular weight is 186 g/mol. The van der Waals surface area contributed by atoms with Gasteiger partial charge in [0.2, 0.25) is 0 Å². The number of hydrogen-bond acceptors (Lipinski definition) is 2. The fraction of sp³-hybridized carbons (Fsp3) is 0.333. The van der Waals surface area contributed by atoms with Crippen molar-refractivity contribution in [3.05, 3.63) is 28.8 Å². The Morgan fingerprint density at radius 1 is 1.42 bits per heavy atom. The summed E-state index contributed by atoms with van der Waals surface area (Å²) >= 11 is 5.71. The predicted molar refractivity (Wildman–Crippen MR) is 50.3 cm³/mol. The summed E-state index contributed by atoms with van der Waals surface area (Å²) < 4.78 is 0. The molecular formula is C9H12ClNO. The summed E-state index contributed by atoms with van der Waals surface area (Å²) in [6, 6.07) is 5.17. The van der Waals surface area contributed by atoms with Crippen LogP contribution >= 0.6 is 11.6 Å². The first-order valence-electron chi connectivity index (χ1n) is 3.70. The molecule has 0 bridgehead atoms. The molecule has 0 heterocycles. The van der Waals surface area contributed by atoms with E-state index in [1.165, 1.54) is 0 Å². The van der Waals surface area contributed by atoms with Crippen molar-refractivity contribution >= 4 is 11.6 Å². The molecular weight excluding hydrogens is 174 g/mol. The Bertz CT molecular complexity index is 291. The molecule has 0 aromatic heterocycles. The summed E-state index contributed by atoms with van der Waals surface area (Å²) in [6.45, 7) is 3.64. The number of hydrogen-bond donors (Lipinski definition) is 2. The van der Waals surface area contributed by atoms with Gasteiger partial charge in [-0.1, -0.05) is 23.7 Å². The lowest BCUT2D eigenvalue weighted by Gasteiger charge is -2.20. The van der Waals surface area contributed by atoms with Gasteiger partial charge in [0.15, 0.2) is 0 Å². The third-order valence-electron chi connectivity index (χ3n) is 1.68. The minimum atomic E-state index is -0.561. The number of rotatable bonds is 1. The molecule has 0 saturated carbocycles. The number of halogens is 1. The van der Waals surface area contributed by atoms with Crippen molar-refractivity contribution in [2.24, 2.45) is 5.73 Å². The molecule has 1 rings (SSSR count). The van der Waals surface area contributed by atoms with E-state index in [2.05, 4.69) is 0 Å². The Hall–Kier alpha value is -0.730. The molecule has 66 valence electrons. The van der Waals surface area contributed by atoms with Crippen LogP contribution < -0.4 is 5.73 Å². The monoisotopic (exact) mass is 185 g/mol. The van der Waals surface area contributed by atoms with Gasteiger partial charge >= 0.3 is 0 Å². The van der Waals surface area contributed by atoms with Crippen LogP contribution in [-0.2, 0) is 5.54 Å². The number of phenolic OH excluding ortho intramolecular Hbond substituents is 1. The molecule has 0 radical (unpaired) electrons. The van der Waals surface area contributed by atoms with E-state index in [0.717, 1.165) is 0 Å². The van der Waals surface area contributed by atoms with Crippen LogP contribution in [0.2, 0.25) is 5.02 Å². The summed E-state index contributed by atoms with van der Waals surface area (Å²) in [7, 11) is 0. The van der Waals surface area contributed by atoms with Gasteiger partial charge in [0.25, 0.3) is 0 Å². The van der Waals surface area contributed by atoms with Gasteiger partial charge in [-0.2, -0.15) is 0 Å². The largest absolute Gasteiger partial charge is 0.506 e. The maximum atomic E-state index is 9.52. The first-order valence-corrected chi connectivity index (χ1v) is 4.07. The number of para-hydroxylation sites is 1. The molecule has 2 nitrogen and oxygen atoms in total. The normalized spacial score (nSPS) is 11.7. The van der Waals surface area contributed by atoms with E-state index in [-0.39, 0.29) is 5.75 Å². The molecule has 1 aromatic rings. The molecule has 3 N–H and O–H groups in total. The minimum Gasteiger partial charge on any atom is -0.506 e. The van der Waals surface area contributed by atoms with Gasteiger partial charge in [-0.25, -0.2) is 0 Å². The van der Waals surface area contributed by atoms with E-state index in [1.807, 2.05) is 13.8 Å². The van der Waals surface area contributed by atoms with E-state index in [1.54, 1.807) is 18.2 Å². The predicted octanol–water partition coefficient (Wildman–Crippen LogP) is 2.24. The Labute approximate surface area is 77.0 Å². The Morgan fingerprint density at radius 2 is 2.00 bits per heavy atom. The standard InChI is InChI=1S/C9H12ClNO/c1-9(2,11)6-4-3-5-7(10)8(6)12/h3-5,12H,11H2,1-2H3. The van der Waals surface area contributed by atoms with E-state index in [0.29, 0.717) is 10.6 Å². The molecule has 3 heteroatoms. The molecule has 0 aliphatic heterocycles. The molecule has 1 aromatic carbocycles. The van der Waals surface area contributed by atoms with Crippen LogP contribution in [0.15, 0.2) is 18.2 Å². The van der Waals surface area contributed by atoms with Crippen molar-refractivity contribution in [2.45, 2.75) is 19.4 Å². The second kappa shape index (κ2) is 2.96. The third-order valence-corrected chi connectivity index (χ3v) is 1.99. The molecule has 0 saturated heterocycles. The van der Waals surface area contributed by atoms with Crippen LogP contribution in [0.1, 0.15) is 19.4 Å². The van der Waals surface area contributed by atoms with Gasteiger partial charge in [-0.05, 0) is 19.9 Å². The van der Waals surface area contributed by atoms with E-state index < -0.39 is 5.54 Å². The number of aromatic hydroxyl groups is 1. The van der Waals surface area contributed by atoms with E-state index in [4.69, 9.17) is 17.3 Å². The first kappa shape index (κ1) is 9.36. The van der Waals surface area contributed by atoms with Crippen molar-refractivity contribution < 1.29 is 5.11 Å².